The maximum Gasteiger partial charge on any atom is 0.133 e. The number of aliphatic hydroxyl groups excluding tert-OH is 1. The zero-order valence-electron chi connectivity index (χ0n) is 12.9. The van der Waals surface area contributed by atoms with E-state index in [1.54, 1.807) is 6.92 Å². The third-order valence-corrected chi connectivity index (χ3v) is 4.61. The van der Waals surface area contributed by atoms with Crippen LogP contribution < -0.4 is 4.74 Å². The molecule has 0 amide bonds. The topological polar surface area (TPSA) is 29.5 Å². The number of hydrogen-bond donors (Lipinski definition) is 1. The Morgan fingerprint density at radius 1 is 1.05 bits per heavy atom. The summed E-state index contributed by atoms with van der Waals surface area (Å²) in [5.74, 6) is 1.69. The maximum absolute atomic E-state index is 10.1. The molecule has 0 bridgehead atoms. The van der Waals surface area contributed by atoms with Gasteiger partial charge >= 0.3 is 0 Å². The van der Waals surface area contributed by atoms with Crippen molar-refractivity contribution in [3.05, 3.63) is 42.0 Å². The molecule has 2 heteroatoms. The molecule has 0 radical (unpaired) electrons. The van der Waals surface area contributed by atoms with Gasteiger partial charge in [-0.3, -0.25) is 0 Å². The lowest BCUT2D eigenvalue weighted by atomic mass is 9.89. The predicted octanol–water partition coefficient (Wildman–Crippen LogP) is 4.85. The number of benzene rings is 2. The Morgan fingerprint density at radius 3 is 2.48 bits per heavy atom. The lowest BCUT2D eigenvalue weighted by molar-refractivity contribution is 0.128. The molecule has 21 heavy (non-hydrogen) atoms. The van der Waals surface area contributed by atoms with Crippen LogP contribution in [0.1, 0.15) is 51.2 Å². The lowest BCUT2D eigenvalue weighted by Crippen LogP contribution is -2.23. The number of rotatable bonds is 3. The van der Waals surface area contributed by atoms with E-state index in [-0.39, 0.29) is 6.10 Å². The van der Waals surface area contributed by atoms with Crippen LogP contribution in [0.15, 0.2) is 36.4 Å². The van der Waals surface area contributed by atoms with E-state index in [4.69, 9.17) is 4.74 Å². The fourth-order valence-corrected chi connectivity index (χ4v) is 3.23. The van der Waals surface area contributed by atoms with Crippen LogP contribution in [0.25, 0.3) is 10.8 Å². The average molecular weight is 284 g/mol. The minimum Gasteiger partial charge on any atom is -0.489 e. The van der Waals surface area contributed by atoms with E-state index in [1.165, 1.54) is 18.2 Å². The Hall–Kier alpha value is -1.54. The highest BCUT2D eigenvalue weighted by Gasteiger charge is 2.22. The SMILES string of the molecule is CC1CCC(Oc2c(C(C)O)ccc3ccccc23)CC1. The molecule has 0 aromatic heterocycles. The molecule has 1 saturated carbocycles. The first kappa shape index (κ1) is 14.4. The molecule has 112 valence electrons. The van der Waals surface area contributed by atoms with Gasteiger partial charge in [0, 0.05) is 10.9 Å². The summed E-state index contributed by atoms with van der Waals surface area (Å²) < 4.78 is 6.35. The van der Waals surface area contributed by atoms with E-state index in [1.807, 2.05) is 18.2 Å². The highest BCUT2D eigenvalue weighted by Crippen LogP contribution is 2.36. The molecule has 1 aliphatic rings. The van der Waals surface area contributed by atoms with E-state index < -0.39 is 6.10 Å². The van der Waals surface area contributed by atoms with Gasteiger partial charge in [-0.05, 0) is 43.9 Å². The summed E-state index contributed by atoms with van der Waals surface area (Å²) >= 11 is 0. The number of ether oxygens (including phenoxy) is 1. The molecule has 0 heterocycles. The zero-order valence-corrected chi connectivity index (χ0v) is 12.9. The summed E-state index contributed by atoms with van der Waals surface area (Å²) in [6.45, 7) is 4.12. The quantitative estimate of drug-likeness (QED) is 0.873. The Morgan fingerprint density at radius 2 is 1.76 bits per heavy atom. The van der Waals surface area contributed by atoms with E-state index in [2.05, 4.69) is 25.1 Å². The molecular weight excluding hydrogens is 260 g/mol. The van der Waals surface area contributed by atoms with Gasteiger partial charge in [-0.25, -0.2) is 0 Å². The second-order valence-electron chi connectivity index (χ2n) is 6.38. The van der Waals surface area contributed by atoms with Crippen LogP contribution >= 0.6 is 0 Å². The standard InChI is InChI=1S/C19H24O2/c1-13-7-10-16(11-8-13)21-19-17(14(2)20)12-9-15-5-3-4-6-18(15)19/h3-6,9,12-14,16,20H,7-8,10-11H2,1-2H3. The highest BCUT2D eigenvalue weighted by atomic mass is 16.5. The second-order valence-corrected chi connectivity index (χ2v) is 6.38. The van der Waals surface area contributed by atoms with Crippen LogP contribution in [0.5, 0.6) is 5.75 Å². The Bertz CT molecular complexity index is 610. The first-order valence-corrected chi connectivity index (χ1v) is 8.01. The molecule has 2 nitrogen and oxygen atoms in total. The summed E-state index contributed by atoms with van der Waals surface area (Å²) in [7, 11) is 0. The third kappa shape index (κ3) is 3.06. The summed E-state index contributed by atoms with van der Waals surface area (Å²) in [5.41, 5.74) is 0.896. The lowest BCUT2D eigenvalue weighted by Gasteiger charge is -2.28. The minimum atomic E-state index is -0.507. The Balaban J connectivity index is 1.96. The fourth-order valence-electron chi connectivity index (χ4n) is 3.23. The molecule has 0 aliphatic heterocycles. The summed E-state index contributed by atoms with van der Waals surface area (Å²) in [4.78, 5) is 0. The molecule has 1 atom stereocenters. The number of hydrogen-bond acceptors (Lipinski definition) is 2. The molecule has 1 unspecified atom stereocenters. The van der Waals surface area contributed by atoms with Crippen molar-refractivity contribution in [1.29, 1.82) is 0 Å². The molecule has 1 aliphatic carbocycles. The van der Waals surface area contributed by atoms with E-state index >= 15 is 0 Å². The van der Waals surface area contributed by atoms with Gasteiger partial charge in [0.2, 0.25) is 0 Å². The van der Waals surface area contributed by atoms with Crippen molar-refractivity contribution >= 4 is 10.8 Å². The zero-order chi connectivity index (χ0) is 14.8. The molecule has 2 aromatic rings. The van der Waals surface area contributed by atoms with Crippen molar-refractivity contribution in [2.75, 3.05) is 0 Å². The molecule has 3 rings (SSSR count). The largest absolute Gasteiger partial charge is 0.489 e. The van der Waals surface area contributed by atoms with Gasteiger partial charge in [0.1, 0.15) is 5.75 Å². The van der Waals surface area contributed by atoms with Crippen molar-refractivity contribution in [2.45, 2.75) is 51.7 Å². The van der Waals surface area contributed by atoms with Crippen LogP contribution in [0.4, 0.5) is 0 Å². The van der Waals surface area contributed by atoms with E-state index in [9.17, 15) is 5.11 Å². The average Bonchev–Trinajstić information content (AvgIpc) is 2.49. The summed E-state index contributed by atoms with van der Waals surface area (Å²) in [6, 6.07) is 12.3. The smallest absolute Gasteiger partial charge is 0.133 e. The molecule has 1 fully saturated rings. The van der Waals surface area contributed by atoms with Crippen LogP contribution in [0.2, 0.25) is 0 Å². The van der Waals surface area contributed by atoms with Crippen molar-refractivity contribution in [1.82, 2.24) is 0 Å². The molecule has 1 N–H and O–H groups in total. The maximum atomic E-state index is 10.1. The first-order valence-electron chi connectivity index (χ1n) is 8.01. The van der Waals surface area contributed by atoms with Crippen LogP contribution in [0.3, 0.4) is 0 Å². The van der Waals surface area contributed by atoms with Gasteiger partial charge in [-0.2, -0.15) is 0 Å². The van der Waals surface area contributed by atoms with Crippen molar-refractivity contribution < 1.29 is 9.84 Å². The summed E-state index contributed by atoms with van der Waals surface area (Å²) in [5, 5.41) is 12.3. The van der Waals surface area contributed by atoms with Crippen LogP contribution in [-0.2, 0) is 0 Å². The van der Waals surface area contributed by atoms with E-state index in [0.717, 1.165) is 35.5 Å². The number of fused-ring (bicyclic) bond motifs is 1. The van der Waals surface area contributed by atoms with Crippen molar-refractivity contribution in [2.24, 2.45) is 5.92 Å². The minimum absolute atomic E-state index is 0.282. The fraction of sp³-hybridized carbons (Fsp3) is 0.474. The van der Waals surface area contributed by atoms with Gasteiger partial charge in [-0.15, -0.1) is 0 Å². The van der Waals surface area contributed by atoms with E-state index in [0.29, 0.717) is 0 Å². The van der Waals surface area contributed by atoms with Crippen molar-refractivity contribution in [3.63, 3.8) is 0 Å². The van der Waals surface area contributed by atoms with Gasteiger partial charge in [-0.1, -0.05) is 43.3 Å². The predicted molar refractivity (Wildman–Crippen MR) is 86.6 cm³/mol. The molecule has 0 saturated heterocycles. The highest BCUT2D eigenvalue weighted by molar-refractivity contribution is 5.89. The summed E-state index contributed by atoms with van der Waals surface area (Å²) in [6.07, 6.45) is 4.48. The van der Waals surface area contributed by atoms with Gasteiger partial charge in [0.25, 0.3) is 0 Å². The van der Waals surface area contributed by atoms with Crippen LogP contribution in [0, 0.1) is 5.92 Å². The van der Waals surface area contributed by atoms with Gasteiger partial charge in [0.05, 0.1) is 12.2 Å². The van der Waals surface area contributed by atoms with Gasteiger partial charge < -0.3 is 9.84 Å². The van der Waals surface area contributed by atoms with Crippen molar-refractivity contribution in [3.8, 4) is 5.75 Å². The Labute approximate surface area is 126 Å². The first-order chi connectivity index (χ1) is 10.1. The number of aliphatic hydroxyl groups is 1. The normalized spacial score (nSPS) is 24.0. The monoisotopic (exact) mass is 284 g/mol. The second kappa shape index (κ2) is 6.07. The molecular formula is C19H24O2. The molecule has 2 aromatic carbocycles. The Kier molecular flexibility index (Phi) is 4.16. The van der Waals surface area contributed by atoms with Crippen LogP contribution in [-0.4, -0.2) is 11.2 Å². The third-order valence-electron chi connectivity index (χ3n) is 4.61. The van der Waals surface area contributed by atoms with Gasteiger partial charge in [0.15, 0.2) is 0 Å². The molecule has 0 spiro atoms.